The van der Waals surface area contributed by atoms with E-state index in [4.69, 9.17) is 4.74 Å². The van der Waals surface area contributed by atoms with Gasteiger partial charge in [0, 0.05) is 24.4 Å². The molecule has 0 spiro atoms. The zero-order valence-electron chi connectivity index (χ0n) is 17.5. The predicted molar refractivity (Wildman–Crippen MR) is 118 cm³/mol. The molecule has 0 aliphatic carbocycles. The van der Waals surface area contributed by atoms with Crippen molar-refractivity contribution in [3.05, 3.63) is 69.5 Å². The fourth-order valence-electron chi connectivity index (χ4n) is 2.98. The number of ether oxygens (including phenoxy) is 1. The molecule has 0 atom stereocenters. The molecule has 9 nitrogen and oxygen atoms in total. The number of aromatic nitrogens is 3. The second-order valence-electron chi connectivity index (χ2n) is 6.84. The fraction of sp³-hybridized carbons (Fsp3) is 0.286. The van der Waals surface area contributed by atoms with Crippen molar-refractivity contribution in [3.8, 4) is 5.75 Å². The lowest BCUT2D eigenvalue weighted by molar-refractivity contribution is -0.384. The Morgan fingerprint density at radius 1 is 1.23 bits per heavy atom. The molecule has 0 saturated carbocycles. The van der Waals surface area contributed by atoms with Gasteiger partial charge in [-0.25, -0.2) is 0 Å². The third kappa shape index (κ3) is 5.82. The van der Waals surface area contributed by atoms with Crippen LogP contribution in [0.1, 0.15) is 23.9 Å². The van der Waals surface area contributed by atoms with E-state index in [9.17, 15) is 14.9 Å². The first kappa shape index (κ1) is 22.3. The van der Waals surface area contributed by atoms with Crippen LogP contribution in [0.25, 0.3) is 0 Å². The number of nitrogens with one attached hydrogen (secondary N) is 1. The summed E-state index contributed by atoms with van der Waals surface area (Å²) in [5, 5.41) is 22.5. The largest absolute Gasteiger partial charge is 0.485 e. The first-order valence-electron chi connectivity index (χ1n) is 9.66. The number of nitro benzene ring substituents is 1. The molecule has 3 rings (SSSR count). The number of benzene rings is 2. The molecular formula is C21H23N5O4S. The maximum Gasteiger partial charge on any atom is 0.271 e. The minimum atomic E-state index is -0.504. The Hall–Kier alpha value is -3.40. The third-order valence-corrected chi connectivity index (χ3v) is 5.44. The summed E-state index contributed by atoms with van der Waals surface area (Å²) >= 11 is 1.24. The number of rotatable bonds is 9. The SMILES string of the molecule is CCn1c(COc2ccc(C)cc2C)nnc1SCC(=O)Nc1cccc([N+](=O)[O-])c1. The number of carbonyl (C=O) groups excluding carboxylic acids is 1. The third-order valence-electron chi connectivity index (χ3n) is 4.47. The first-order chi connectivity index (χ1) is 14.9. The molecule has 1 heterocycles. The lowest BCUT2D eigenvalue weighted by Gasteiger charge is -2.11. The summed E-state index contributed by atoms with van der Waals surface area (Å²) in [6, 6.07) is 11.8. The number of non-ortho nitro benzene ring substituents is 1. The van der Waals surface area contributed by atoms with E-state index in [2.05, 4.69) is 21.6 Å². The molecule has 31 heavy (non-hydrogen) atoms. The lowest BCUT2D eigenvalue weighted by atomic mass is 10.1. The Labute approximate surface area is 184 Å². The van der Waals surface area contributed by atoms with Gasteiger partial charge in [0.15, 0.2) is 11.0 Å². The molecule has 1 N–H and O–H groups in total. The average Bonchev–Trinajstić information content (AvgIpc) is 3.13. The van der Waals surface area contributed by atoms with E-state index >= 15 is 0 Å². The van der Waals surface area contributed by atoms with E-state index in [1.807, 2.05) is 37.5 Å². The Bertz CT molecular complexity index is 1100. The monoisotopic (exact) mass is 441 g/mol. The van der Waals surface area contributed by atoms with Gasteiger partial charge in [0.1, 0.15) is 12.4 Å². The van der Waals surface area contributed by atoms with E-state index in [0.29, 0.717) is 23.2 Å². The van der Waals surface area contributed by atoms with Crippen molar-refractivity contribution in [3.63, 3.8) is 0 Å². The van der Waals surface area contributed by atoms with Crippen LogP contribution in [0.3, 0.4) is 0 Å². The molecule has 0 aliphatic rings. The number of carbonyl (C=O) groups is 1. The van der Waals surface area contributed by atoms with Crippen molar-refractivity contribution >= 4 is 29.0 Å². The van der Waals surface area contributed by atoms with E-state index in [-0.39, 0.29) is 24.0 Å². The van der Waals surface area contributed by atoms with Crippen LogP contribution in [0.2, 0.25) is 0 Å². The van der Waals surface area contributed by atoms with Gasteiger partial charge in [0.25, 0.3) is 5.69 Å². The van der Waals surface area contributed by atoms with Crippen molar-refractivity contribution in [2.24, 2.45) is 0 Å². The van der Waals surface area contributed by atoms with Crippen molar-refractivity contribution < 1.29 is 14.5 Å². The van der Waals surface area contributed by atoms with Gasteiger partial charge in [-0.2, -0.15) is 0 Å². The summed E-state index contributed by atoms with van der Waals surface area (Å²) in [5.41, 5.74) is 2.52. The topological polar surface area (TPSA) is 112 Å². The second kappa shape index (κ2) is 10.1. The maximum absolute atomic E-state index is 12.3. The van der Waals surface area contributed by atoms with Gasteiger partial charge in [0.05, 0.1) is 10.7 Å². The van der Waals surface area contributed by atoms with Gasteiger partial charge < -0.3 is 14.6 Å². The molecule has 162 valence electrons. The molecule has 2 aromatic carbocycles. The molecule has 0 unspecified atom stereocenters. The van der Waals surface area contributed by atoms with Gasteiger partial charge in [-0.05, 0) is 38.5 Å². The number of hydrogen-bond acceptors (Lipinski definition) is 7. The van der Waals surface area contributed by atoms with Crippen molar-refractivity contribution in [1.82, 2.24) is 14.8 Å². The maximum atomic E-state index is 12.3. The zero-order valence-corrected chi connectivity index (χ0v) is 18.3. The molecular weight excluding hydrogens is 418 g/mol. The first-order valence-corrected chi connectivity index (χ1v) is 10.6. The predicted octanol–water partition coefficient (Wildman–Crippen LogP) is 4.13. The van der Waals surface area contributed by atoms with E-state index in [0.717, 1.165) is 11.3 Å². The molecule has 1 amide bonds. The number of nitro groups is 1. The van der Waals surface area contributed by atoms with Gasteiger partial charge in [-0.3, -0.25) is 14.9 Å². The number of aryl methyl sites for hydroxylation is 2. The van der Waals surface area contributed by atoms with E-state index in [1.54, 1.807) is 6.07 Å². The number of anilines is 1. The van der Waals surface area contributed by atoms with Crippen LogP contribution in [0, 0.1) is 24.0 Å². The van der Waals surface area contributed by atoms with Crippen molar-refractivity contribution in [2.45, 2.75) is 39.1 Å². The van der Waals surface area contributed by atoms with Gasteiger partial charge in [0.2, 0.25) is 5.91 Å². The van der Waals surface area contributed by atoms with Crippen LogP contribution in [0.15, 0.2) is 47.6 Å². The van der Waals surface area contributed by atoms with E-state index < -0.39 is 4.92 Å². The minimum Gasteiger partial charge on any atom is -0.485 e. The number of thioether (sulfide) groups is 1. The summed E-state index contributed by atoms with van der Waals surface area (Å²) in [5.74, 6) is 1.27. The van der Waals surface area contributed by atoms with E-state index in [1.165, 1.54) is 35.5 Å². The quantitative estimate of drug-likeness (QED) is 0.302. The van der Waals surface area contributed by atoms with Crippen LogP contribution in [-0.4, -0.2) is 31.3 Å². The Morgan fingerprint density at radius 2 is 2.03 bits per heavy atom. The highest BCUT2D eigenvalue weighted by Crippen LogP contribution is 2.22. The summed E-state index contributed by atoms with van der Waals surface area (Å²) in [6.07, 6.45) is 0. The fourth-order valence-corrected chi connectivity index (χ4v) is 3.80. The van der Waals surface area contributed by atoms with Crippen LogP contribution in [-0.2, 0) is 17.9 Å². The number of nitrogens with zero attached hydrogens (tertiary/aromatic N) is 4. The lowest BCUT2D eigenvalue weighted by Crippen LogP contribution is -2.15. The summed E-state index contributed by atoms with van der Waals surface area (Å²) < 4.78 is 7.80. The molecule has 3 aromatic rings. The summed E-state index contributed by atoms with van der Waals surface area (Å²) in [4.78, 5) is 22.6. The van der Waals surface area contributed by atoms with Crippen molar-refractivity contribution in [1.29, 1.82) is 0 Å². The van der Waals surface area contributed by atoms with Gasteiger partial charge in [-0.15, -0.1) is 10.2 Å². The van der Waals surface area contributed by atoms with Crippen LogP contribution in [0.5, 0.6) is 5.75 Å². The normalized spacial score (nSPS) is 10.7. The standard InChI is InChI=1S/C21H23N5O4S/c1-4-25-19(12-30-18-9-8-14(2)10-15(18)3)23-24-21(25)31-13-20(27)22-16-6-5-7-17(11-16)26(28)29/h5-11H,4,12-13H2,1-3H3,(H,22,27). The molecule has 0 radical (unpaired) electrons. The van der Waals surface area contributed by atoms with Crippen molar-refractivity contribution in [2.75, 3.05) is 11.1 Å². The highest BCUT2D eigenvalue weighted by Gasteiger charge is 2.15. The van der Waals surface area contributed by atoms with Crippen LogP contribution in [0.4, 0.5) is 11.4 Å². The number of amides is 1. The molecule has 0 bridgehead atoms. The molecule has 0 saturated heterocycles. The molecule has 0 aliphatic heterocycles. The second-order valence-corrected chi connectivity index (χ2v) is 7.79. The van der Waals surface area contributed by atoms with Gasteiger partial charge in [-0.1, -0.05) is 35.5 Å². The highest BCUT2D eigenvalue weighted by atomic mass is 32.2. The summed E-state index contributed by atoms with van der Waals surface area (Å²) in [6.45, 7) is 6.90. The van der Waals surface area contributed by atoms with Crippen LogP contribution >= 0.6 is 11.8 Å². The Kier molecular flexibility index (Phi) is 7.24. The molecule has 10 heteroatoms. The Morgan fingerprint density at radius 3 is 2.74 bits per heavy atom. The molecule has 1 aromatic heterocycles. The smallest absolute Gasteiger partial charge is 0.271 e. The summed E-state index contributed by atoms with van der Waals surface area (Å²) in [7, 11) is 0. The molecule has 0 fully saturated rings. The highest BCUT2D eigenvalue weighted by molar-refractivity contribution is 7.99. The average molecular weight is 442 g/mol. The zero-order chi connectivity index (χ0) is 22.4. The Balaban J connectivity index is 1.59. The number of hydrogen-bond donors (Lipinski definition) is 1. The van der Waals surface area contributed by atoms with Gasteiger partial charge >= 0.3 is 0 Å². The van der Waals surface area contributed by atoms with Crippen LogP contribution < -0.4 is 10.1 Å². The minimum absolute atomic E-state index is 0.0790.